The van der Waals surface area contributed by atoms with Crippen molar-refractivity contribution in [2.45, 2.75) is 51.8 Å². The van der Waals surface area contributed by atoms with Gasteiger partial charge in [0.05, 0.1) is 12.7 Å². The number of methoxy groups -OCH3 is 1. The van der Waals surface area contributed by atoms with Crippen LogP contribution in [0.2, 0.25) is 0 Å². The minimum absolute atomic E-state index is 0.0372. The molecule has 1 aliphatic rings. The first kappa shape index (κ1) is 15.4. The fourth-order valence-corrected chi connectivity index (χ4v) is 2.46. The molecule has 0 bridgehead atoms. The zero-order valence-electron chi connectivity index (χ0n) is 12.1. The number of hydrogen-bond acceptors (Lipinski definition) is 4. The molecule has 0 aliphatic heterocycles. The van der Waals surface area contributed by atoms with Gasteiger partial charge < -0.3 is 20.5 Å². The molecule has 0 saturated heterocycles. The lowest BCUT2D eigenvalue weighted by Gasteiger charge is -2.57. The predicted octanol–water partition coefficient (Wildman–Crippen LogP) is 0.670. The molecule has 0 radical (unpaired) electrons. The molecular formula is C13H26N2O3. The zero-order chi connectivity index (χ0) is 14.0. The van der Waals surface area contributed by atoms with Crippen LogP contribution in [0.4, 0.5) is 0 Å². The van der Waals surface area contributed by atoms with E-state index in [9.17, 15) is 4.79 Å². The maximum Gasteiger partial charge on any atom is 0.241 e. The number of amides is 1. The van der Waals surface area contributed by atoms with E-state index < -0.39 is 5.54 Å². The molecule has 0 aromatic carbocycles. The van der Waals surface area contributed by atoms with E-state index in [1.807, 2.05) is 27.7 Å². The topological polar surface area (TPSA) is 73.6 Å². The smallest absolute Gasteiger partial charge is 0.241 e. The molecule has 5 heteroatoms. The van der Waals surface area contributed by atoms with Crippen LogP contribution >= 0.6 is 0 Å². The number of carbonyl (C=O) groups excluding carboxylic acids is 1. The van der Waals surface area contributed by atoms with E-state index in [1.165, 1.54) is 0 Å². The number of nitrogens with one attached hydrogen (secondary N) is 1. The molecule has 1 fully saturated rings. The van der Waals surface area contributed by atoms with Crippen LogP contribution in [0, 0.1) is 5.41 Å². The van der Waals surface area contributed by atoms with Gasteiger partial charge in [0.25, 0.3) is 0 Å². The normalized spacial score (nSPS) is 31.6. The van der Waals surface area contributed by atoms with Gasteiger partial charge in [-0.15, -0.1) is 0 Å². The Bertz CT molecular complexity index is 307. The Balaban J connectivity index is 2.63. The van der Waals surface area contributed by atoms with E-state index in [4.69, 9.17) is 15.2 Å². The zero-order valence-corrected chi connectivity index (χ0v) is 12.1. The van der Waals surface area contributed by atoms with E-state index in [1.54, 1.807) is 7.11 Å². The summed E-state index contributed by atoms with van der Waals surface area (Å²) in [5.41, 5.74) is 5.06. The molecular weight excluding hydrogens is 232 g/mol. The van der Waals surface area contributed by atoms with Gasteiger partial charge in [-0.3, -0.25) is 4.79 Å². The number of nitrogens with two attached hydrogens (primary N) is 1. The number of ether oxygens (including phenoxy) is 2. The summed E-state index contributed by atoms with van der Waals surface area (Å²) in [6.45, 7) is 8.95. The van der Waals surface area contributed by atoms with Gasteiger partial charge in [-0.05, 0) is 13.8 Å². The maximum atomic E-state index is 12.3. The largest absolute Gasteiger partial charge is 0.383 e. The van der Waals surface area contributed by atoms with Crippen LogP contribution in [-0.4, -0.2) is 43.9 Å². The molecule has 1 saturated carbocycles. The van der Waals surface area contributed by atoms with Crippen molar-refractivity contribution >= 4 is 5.91 Å². The van der Waals surface area contributed by atoms with Crippen molar-refractivity contribution in [1.82, 2.24) is 5.32 Å². The predicted molar refractivity (Wildman–Crippen MR) is 70.2 cm³/mol. The standard InChI is InChI=1S/C13H26N2O3/c1-6-18-10-7-13(14,12(10,3)4)11(16)15-9(2)8-17-5/h9-10H,6-8,14H2,1-5H3,(H,15,16). The summed E-state index contributed by atoms with van der Waals surface area (Å²) >= 11 is 0. The summed E-state index contributed by atoms with van der Waals surface area (Å²) in [6, 6.07) is -0.0372. The summed E-state index contributed by atoms with van der Waals surface area (Å²) in [6.07, 6.45) is 0.621. The molecule has 0 heterocycles. The van der Waals surface area contributed by atoms with E-state index in [2.05, 4.69) is 5.32 Å². The molecule has 1 aliphatic carbocycles. The lowest BCUT2D eigenvalue weighted by Crippen LogP contribution is -2.76. The minimum Gasteiger partial charge on any atom is -0.383 e. The van der Waals surface area contributed by atoms with Crippen molar-refractivity contribution in [2.75, 3.05) is 20.3 Å². The summed E-state index contributed by atoms with van der Waals surface area (Å²) in [4.78, 5) is 12.3. The lowest BCUT2D eigenvalue weighted by molar-refractivity contribution is -0.171. The van der Waals surface area contributed by atoms with Gasteiger partial charge in [0.1, 0.15) is 5.54 Å². The maximum absolute atomic E-state index is 12.3. The molecule has 3 unspecified atom stereocenters. The fourth-order valence-electron chi connectivity index (χ4n) is 2.46. The monoisotopic (exact) mass is 258 g/mol. The molecule has 18 heavy (non-hydrogen) atoms. The summed E-state index contributed by atoms with van der Waals surface area (Å²) in [5, 5.41) is 2.90. The highest BCUT2D eigenvalue weighted by molar-refractivity contribution is 5.89. The molecule has 0 aromatic heterocycles. The second-order valence-electron chi connectivity index (χ2n) is 5.67. The first-order valence-electron chi connectivity index (χ1n) is 6.50. The summed E-state index contributed by atoms with van der Waals surface area (Å²) < 4.78 is 10.6. The van der Waals surface area contributed by atoms with Crippen LogP contribution in [0.3, 0.4) is 0 Å². The quantitative estimate of drug-likeness (QED) is 0.734. The molecule has 0 spiro atoms. The van der Waals surface area contributed by atoms with Crippen LogP contribution in [0.25, 0.3) is 0 Å². The molecule has 1 amide bonds. The highest BCUT2D eigenvalue weighted by atomic mass is 16.5. The third-order valence-corrected chi connectivity index (χ3v) is 4.03. The minimum atomic E-state index is -0.852. The van der Waals surface area contributed by atoms with Crippen molar-refractivity contribution in [2.24, 2.45) is 11.1 Å². The van der Waals surface area contributed by atoms with Crippen LogP contribution in [0.15, 0.2) is 0 Å². The molecule has 3 atom stereocenters. The SMILES string of the molecule is CCOC1CC(N)(C(=O)NC(C)COC)C1(C)C. The average Bonchev–Trinajstić information content (AvgIpc) is 2.28. The van der Waals surface area contributed by atoms with E-state index in [0.717, 1.165) is 0 Å². The number of carbonyl (C=O) groups is 1. The molecule has 5 nitrogen and oxygen atoms in total. The number of hydrogen-bond donors (Lipinski definition) is 2. The Morgan fingerprint density at radius 3 is 2.61 bits per heavy atom. The van der Waals surface area contributed by atoms with Gasteiger partial charge in [-0.1, -0.05) is 13.8 Å². The number of rotatable bonds is 6. The van der Waals surface area contributed by atoms with Crippen LogP contribution in [0.5, 0.6) is 0 Å². The van der Waals surface area contributed by atoms with Gasteiger partial charge in [-0.2, -0.15) is 0 Å². The van der Waals surface area contributed by atoms with Gasteiger partial charge in [0, 0.05) is 31.6 Å². The highest BCUT2D eigenvalue weighted by Crippen LogP contribution is 2.49. The average molecular weight is 258 g/mol. The summed E-state index contributed by atoms with van der Waals surface area (Å²) in [5.74, 6) is -0.118. The Kier molecular flexibility index (Phi) is 4.75. The van der Waals surface area contributed by atoms with Gasteiger partial charge in [0.15, 0.2) is 0 Å². The third-order valence-electron chi connectivity index (χ3n) is 4.03. The molecule has 3 N–H and O–H groups in total. The second kappa shape index (κ2) is 5.55. The first-order chi connectivity index (χ1) is 8.29. The van der Waals surface area contributed by atoms with Crippen molar-refractivity contribution in [3.8, 4) is 0 Å². The van der Waals surface area contributed by atoms with Crippen molar-refractivity contribution < 1.29 is 14.3 Å². The second-order valence-corrected chi connectivity index (χ2v) is 5.67. The van der Waals surface area contributed by atoms with Crippen LogP contribution in [-0.2, 0) is 14.3 Å². The summed E-state index contributed by atoms with van der Waals surface area (Å²) in [7, 11) is 1.61. The van der Waals surface area contributed by atoms with Crippen molar-refractivity contribution in [3.63, 3.8) is 0 Å². The van der Waals surface area contributed by atoms with Gasteiger partial charge in [0.2, 0.25) is 5.91 Å². The first-order valence-corrected chi connectivity index (χ1v) is 6.50. The third kappa shape index (κ3) is 2.53. The fraction of sp³-hybridized carbons (Fsp3) is 0.923. The molecule has 0 aromatic rings. The van der Waals surface area contributed by atoms with Crippen molar-refractivity contribution in [1.29, 1.82) is 0 Å². The van der Waals surface area contributed by atoms with Crippen molar-refractivity contribution in [3.05, 3.63) is 0 Å². The Morgan fingerprint density at radius 1 is 1.56 bits per heavy atom. The Labute approximate surface area is 109 Å². The molecule has 106 valence electrons. The van der Waals surface area contributed by atoms with Crippen LogP contribution in [0.1, 0.15) is 34.1 Å². The lowest BCUT2D eigenvalue weighted by atomic mass is 9.54. The van der Waals surface area contributed by atoms with E-state index in [-0.39, 0.29) is 23.5 Å². The van der Waals surface area contributed by atoms with Crippen LogP contribution < -0.4 is 11.1 Å². The Morgan fingerprint density at radius 2 is 2.17 bits per heavy atom. The van der Waals surface area contributed by atoms with E-state index >= 15 is 0 Å². The van der Waals surface area contributed by atoms with Gasteiger partial charge >= 0.3 is 0 Å². The van der Waals surface area contributed by atoms with E-state index in [0.29, 0.717) is 19.6 Å². The van der Waals surface area contributed by atoms with Gasteiger partial charge in [-0.25, -0.2) is 0 Å². The Hall–Kier alpha value is -0.650. The highest BCUT2D eigenvalue weighted by Gasteiger charge is 2.62. The molecule has 1 rings (SSSR count).